The second-order valence-corrected chi connectivity index (χ2v) is 7.64. The number of methoxy groups -OCH3 is 2. The highest BCUT2D eigenvalue weighted by molar-refractivity contribution is 8.00. The monoisotopic (exact) mass is 479 g/mol. The first-order valence-electron chi connectivity index (χ1n) is 9.36. The van der Waals surface area contributed by atoms with Crippen molar-refractivity contribution in [1.82, 2.24) is 29.9 Å². The number of rotatable bonds is 9. The topological polar surface area (TPSA) is 112 Å². The minimum atomic E-state index is -0.664. The van der Waals surface area contributed by atoms with Gasteiger partial charge < -0.3 is 19.2 Å². The molecule has 0 atom stereocenters. The molecule has 13 heteroatoms. The number of H-pyrrole nitrogens is 1. The molecule has 0 saturated heterocycles. The molecule has 3 aromatic heterocycles. The Kier molecular flexibility index (Phi) is 6.51. The number of anilines is 1. The van der Waals surface area contributed by atoms with E-state index in [4.69, 9.17) is 25.8 Å². The van der Waals surface area contributed by atoms with Crippen LogP contribution in [0.1, 0.15) is 5.69 Å². The molecular formula is C19H19ClFN7O3S. The van der Waals surface area contributed by atoms with Crippen LogP contribution in [0.25, 0.3) is 16.6 Å². The predicted octanol–water partition coefficient (Wildman–Crippen LogP) is 3.99. The van der Waals surface area contributed by atoms with Gasteiger partial charge in [-0.25, -0.2) is 4.39 Å². The fourth-order valence-corrected chi connectivity index (χ4v) is 3.88. The highest BCUT2D eigenvalue weighted by Crippen LogP contribution is 2.37. The van der Waals surface area contributed by atoms with Crippen LogP contribution in [0.4, 0.5) is 10.3 Å². The number of hydrogen-bond acceptors (Lipinski definition) is 9. The van der Waals surface area contributed by atoms with E-state index in [1.165, 1.54) is 31.0 Å². The lowest BCUT2D eigenvalue weighted by atomic mass is 10.2. The Hall–Kier alpha value is -3.25. The number of alkyl halides is 1. The zero-order chi connectivity index (χ0) is 22.7. The first-order chi connectivity index (χ1) is 15.5. The summed E-state index contributed by atoms with van der Waals surface area (Å²) in [4.78, 5) is 14.1. The molecule has 0 saturated carbocycles. The van der Waals surface area contributed by atoms with Crippen molar-refractivity contribution in [3.05, 3.63) is 35.2 Å². The van der Waals surface area contributed by atoms with Crippen molar-refractivity contribution in [2.75, 3.05) is 32.2 Å². The minimum absolute atomic E-state index is 0.126. The van der Waals surface area contributed by atoms with E-state index in [2.05, 4.69) is 29.9 Å². The number of nitrogens with one attached hydrogen (secondary N) is 2. The predicted molar refractivity (Wildman–Crippen MR) is 119 cm³/mol. The molecule has 3 heterocycles. The van der Waals surface area contributed by atoms with Crippen LogP contribution in [0, 0.1) is 6.92 Å². The Bertz CT molecular complexity index is 1220. The molecular weight excluding hydrogens is 461 g/mol. The zero-order valence-electron chi connectivity index (χ0n) is 17.3. The van der Waals surface area contributed by atoms with E-state index in [1.54, 1.807) is 12.3 Å². The molecule has 2 N–H and O–H groups in total. The number of halogens is 2. The van der Waals surface area contributed by atoms with Gasteiger partial charge in [-0.1, -0.05) is 11.6 Å². The number of ether oxygens (including phenoxy) is 3. The second-order valence-electron chi connectivity index (χ2n) is 6.38. The Morgan fingerprint density at radius 1 is 1.22 bits per heavy atom. The van der Waals surface area contributed by atoms with Crippen LogP contribution in [-0.2, 0) is 0 Å². The van der Waals surface area contributed by atoms with Gasteiger partial charge in [-0.3, -0.25) is 4.72 Å². The maximum Gasteiger partial charge on any atom is 0.265 e. The molecule has 168 valence electrons. The van der Waals surface area contributed by atoms with Crippen LogP contribution in [0.3, 0.4) is 0 Å². The molecule has 0 aliphatic carbocycles. The fraction of sp³-hybridized carbons (Fsp3) is 0.263. The molecule has 0 aliphatic rings. The Balaban J connectivity index is 1.62. The molecule has 32 heavy (non-hydrogen) atoms. The maximum absolute atomic E-state index is 12.5. The Labute approximate surface area is 191 Å². The van der Waals surface area contributed by atoms with Gasteiger partial charge in [-0.05, 0) is 31.0 Å². The van der Waals surface area contributed by atoms with Gasteiger partial charge in [0.1, 0.15) is 19.0 Å². The van der Waals surface area contributed by atoms with Gasteiger partial charge in [0.15, 0.2) is 0 Å². The van der Waals surface area contributed by atoms with Crippen molar-refractivity contribution in [2.24, 2.45) is 0 Å². The van der Waals surface area contributed by atoms with E-state index in [9.17, 15) is 4.39 Å². The smallest absolute Gasteiger partial charge is 0.265 e. The summed E-state index contributed by atoms with van der Waals surface area (Å²) >= 11 is 7.70. The number of hydrogen-bond donors (Lipinski definition) is 2. The van der Waals surface area contributed by atoms with Crippen LogP contribution in [-0.4, -0.2) is 57.4 Å². The SMILES string of the molecule is COc1nc(NSc2c[nH]c3c(-n4ncc(C)n4)c(Cl)ccc23)nc(OC)c1OCCF. The number of aromatic amines is 1. The molecule has 10 nitrogen and oxygen atoms in total. The molecule has 0 radical (unpaired) electrons. The van der Waals surface area contributed by atoms with Gasteiger partial charge in [-0.15, -0.1) is 4.80 Å². The summed E-state index contributed by atoms with van der Waals surface area (Å²) in [5.74, 6) is 0.615. The molecule has 0 aliphatic heterocycles. The Morgan fingerprint density at radius 2 is 1.97 bits per heavy atom. The molecule has 0 amide bonds. The summed E-state index contributed by atoms with van der Waals surface area (Å²) in [5, 5.41) is 10.0. The summed E-state index contributed by atoms with van der Waals surface area (Å²) in [6, 6.07) is 3.68. The van der Waals surface area contributed by atoms with E-state index in [1.807, 2.05) is 19.2 Å². The van der Waals surface area contributed by atoms with Crippen LogP contribution >= 0.6 is 23.5 Å². The van der Waals surface area contributed by atoms with Crippen molar-refractivity contribution in [2.45, 2.75) is 11.8 Å². The van der Waals surface area contributed by atoms with Crippen LogP contribution in [0.2, 0.25) is 5.02 Å². The largest absolute Gasteiger partial charge is 0.481 e. The van der Waals surface area contributed by atoms with Crippen molar-refractivity contribution < 1.29 is 18.6 Å². The molecule has 1 aromatic carbocycles. The lowest BCUT2D eigenvalue weighted by Crippen LogP contribution is -2.07. The molecule has 0 spiro atoms. The van der Waals surface area contributed by atoms with Crippen LogP contribution in [0.5, 0.6) is 17.5 Å². The van der Waals surface area contributed by atoms with Crippen LogP contribution in [0.15, 0.2) is 29.4 Å². The van der Waals surface area contributed by atoms with E-state index in [-0.39, 0.29) is 30.1 Å². The number of aromatic nitrogens is 6. The van der Waals surface area contributed by atoms with E-state index < -0.39 is 6.67 Å². The van der Waals surface area contributed by atoms with E-state index >= 15 is 0 Å². The molecule has 0 unspecified atom stereocenters. The number of fused-ring (bicyclic) bond motifs is 1. The van der Waals surface area contributed by atoms with Crippen molar-refractivity contribution in [1.29, 1.82) is 0 Å². The summed E-state index contributed by atoms with van der Waals surface area (Å²) in [6.07, 6.45) is 3.49. The van der Waals surface area contributed by atoms with Gasteiger partial charge in [0.2, 0.25) is 11.7 Å². The third kappa shape index (κ3) is 4.23. The number of aryl methyl sites for hydroxylation is 1. The number of nitrogens with zero attached hydrogens (tertiary/aromatic N) is 5. The third-order valence-electron chi connectivity index (χ3n) is 4.31. The third-order valence-corrected chi connectivity index (χ3v) is 5.46. The summed E-state index contributed by atoms with van der Waals surface area (Å²) < 4.78 is 31.4. The minimum Gasteiger partial charge on any atom is -0.481 e. The van der Waals surface area contributed by atoms with Crippen molar-refractivity contribution in [3.8, 4) is 23.2 Å². The normalized spacial score (nSPS) is 11.0. The fourth-order valence-electron chi connectivity index (χ4n) is 2.96. The van der Waals surface area contributed by atoms with Crippen molar-refractivity contribution in [3.63, 3.8) is 0 Å². The summed E-state index contributed by atoms with van der Waals surface area (Å²) in [5.41, 5.74) is 2.21. The van der Waals surface area contributed by atoms with Gasteiger partial charge >= 0.3 is 0 Å². The second kappa shape index (κ2) is 9.49. The van der Waals surface area contributed by atoms with Crippen molar-refractivity contribution >= 4 is 40.4 Å². The summed E-state index contributed by atoms with van der Waals surface area (Å²) in [6.45, 7) is 1.03. The highest BCUT2D eigenvalue weighted by Gasteiger charge is 2.19. The lowest BCUT2D eigenvalue weighted by molar-refractivity contribution is 0.240. The Morgan fingerprint density at radius 3 is 2.59 bits per heavy atom. The van der Waals surface area contributed by atoms with Gasteiger partial charge in [0.05, 0.1) is 41.5 Å². The lowest BCUT2D eigenvalue weighted by Gasteiger charge is -2.13. The summed E-state index contributed by atoms with van der Waals surface area (Å²) in [7, 11) is 2.86. The van der Waals surface area contributed by atoms with Crippen LogP contribution < -0.4 is 18.9 Å². The van der Waals surface area contributed by atoms with Gasteiger partial charge in [0, 0.05) is 11.6 Å². The van der Waals surface area contributed by atoms with Gasteiger partial charge in [0.25, 0.3) is 11.8 Å². The first-order valence-corrected chi connectivity index (χ1v) is 10.6. The quantitative estimate of drug-likeness (QED) is 0.344. The number of benzene rings is 1. The molecule has 4 aromatic rings. The average molecular weight is 480 g/mol. The van der Waals surface area contributed by atoms with E-state index in [0.29, 0.717) is 10.7 Å². The van der Waals surface area contributed by atoms with E-state index in [0.717, 1.165) is 21.5 Å². The standard InChI is InChI=1S/C19H19ClFN7O3S/c1-10-8-23-28(26-10)15-12(20)5-4-11-13(9-22-14(11)15)32-27-19-24-17(29-2)16(31-7-6-21)18(25-19)30-3/h4-5,8-9,22H,6-7H2,1-3H3,(H,24,25,27). The zero-order valence-corrected chi connectivity index (χ0v) is 18.9. The highest BCUT2D eigenvalue weighted by atomic mass is 35.5. The molecule has 0 bridgehead atoms. The molecule has 4 rings (SSSR count). The first kappa shape index (κ1) is 22.0. The molecule has 0 fully saturated rings. The maximum atomic E-state index is 12.5. The average Bonchev–Trinajstić information content (AvgIpc) is 3.41. The van der Waals surface area contributed by atoms with Gasteiger partial charge in [-0.2, -0.15) is 20.2 Å².